The Bertz CT molecular complexity index is 163. The third-order valence-corrected chi connectivity index (χ3v) is 1.52. The fourth-order valence-electron chi connectivity index (χ4n) is 0.692. The average molecular weight is 168 g/mol. The lowest BCUT2D eigenvalue weighted by molar-refractivity contribution is -0.126. The van der Waals surface area contributed by atoms with E-state index in [1.165, 1.54) is 7.41 Å². The Balaban J connectivity index is 3.51. The summed E-state index contributed by atoms with van der Waals surface area (Å²) >= 11 is 0. The van der Waals surface area contributed by atoms with E-state index in [4.69, 9.17) is 0 Å². The third-order valence-electron chi connectivity index (χ3n) is 1.52. The summed E-state index contributed by atoms with van der Waals surface area (Å²) in [5, 5.41) is 2.72. The number of carbonyl (C=O) groups is 2. The van der Waals surface area contributed by atoms with Crippen LogP contribution in [0.15, 0.2) is 0 Å². The van der Waals surface area contributed by atoms with Crippen LogP contribution in [-0.2, 0) is 9.59 Å². The van der Waals surface area contributed by atoms with E-state index in [0.717, 1.165) is 0 Å². The maximum atomic E-state index is 11.3. The molecule has 0 aliphatic rings. The van der Waals surface area contributed by atoms with E-state index < -0.39 is 0 Å². The van der Waals surface area contributed by atoms with Gasteiger partial charge in [0.1, 0.15) is 5.78 Å². The minimum Gasteiger partial charge on any atom is -0.353 e. The van der Waals surface area contributed by atoms with Gasteiger partial charge in [0.15, 0.2) is 0 Å². The van der Waals surface area contributed by atoms with Gasteiger partial charge in [-0.15, -0.1) is 0 Å². The third kappa shape index (κ3) is 5.07. The van der Waals surface area contributed by atoms with Crippen molar-refractivity contribution in [3.8, 4) is 0 Å². The van der Waals surface area contributed by atoms with Crippen LogP contribution in [0.3, 0.4) is 0 Å². The van der Waals surface area contributed by atoms with Crippen molar-refractivity contribution >= 4 is 19.4 Å². The van der Waals surface area contributed by atoms with Gasteiger partial charge < -0.3 is 10.0 Å². The van der Waals surface area contributed by atoms with Crippen LogP contribution in [0, 0.1) is 5.41 Å². The maximum absolute atomic E-state index is 11.3. The largest absolute Gasteiger partial charge is 0.353 e. The van der Waals surface area contributed by atoms with Gasteiger partial charge in [-0.25, -0.2) is 0 Å². The summed E-state index contributed by atoms with van der Waals surface area (Å²) in [5.74, 6) is 0.203. The van der Waals surface area contributed by atoms with E-state index in [2.05, 4.69) is 5.23 Å². The van der Waals surface area contributed by atoms with Crippen molar-refractivity contribution in [2.75, 3.05) is 6.54 Å². The average Bonchev–Trinajstić information content (AvgIpc) is 1.96. The number of rotatable bonds is 5. The molecule has 0 aliphatic heterocycles. The van der Waals surface area contributed by atoms with Crippen molar-refractivity contribution in [1.29, 1.82) is 0 Å². The van der Waals surface area contributed by atoms with Crippen molar-refractivity contribution in [3.63, 3.8) is 0 Å². The Kier molecular flexibility index (Phi) is 4.82. The summed E-state index contributed by atoms with van der Waals surface area (Å²) in [6, 6.07) is 0. The number of Topliss-reactive ketones (excluding diaryl/α,β-unsaturated/α-hetero) is 1. The van der Waals surface area contributed by atoms with Crippen molar-refractivity contribution in [1.82, 2.24) is 5.23 Å². The van der Waals surface area contributed by atoms with E-state index in [9.17, 15) is 9.59 Å². The van der Waals surface area contributed by atoms with Gasteiger partial charge in [-0.05, 0) is 6.54 Å². The fourth-order valence-corrected chi connectivity index (χ4v) is 0.692. The highest BCUT2D eigenvalue weighted by Gasteiger charge is 2.19. The smallest absolute Gasteiger partial charge is 0.290 e. The van der Waals surface area contributed by atoms with Crippen LogP contribution in [-0.4, -0.2) is 25.9 Å². The predicted molar refractivity (Wildman–Crippen MR) is 49.6 cm³/mol. The molecule has 0 rings (SSSR count). The first kappa shape index (κ1) is 11.4. The molecule has 0 amide bonds. The van der Waals surface area contributed by atoms with Gasteiger partial charge >= 0.3 is 0 Å². The van der Waals surface area contributed by atoms with Gasteiger partial charge in [0.25, 0.3) is 7.41 Å². The first-order valence-corrected chi connectivity index (χ1v) is 4.02. The lowest BCUT2D eigenvalue weighted by Gasteiger charge is -2.15. The molecule has 0 aromatic carbocycles. The van der Waals surface area contributed by atoms with Crippen molar-refractivity contribution in [3.05, 3.63) is 0 Å². The molecule has 0 aromatic heterocycles. The number of hydrogen-bond donors (Lipinski definition) is 1. The molecular formula is C8H15BNO2. The minimum absolute atomic E-state index is 0.203. The first-order chi connectivity index (χ1) is 5.48. The Labute approximate surface area is 74.2 Å². The standard InChI is InChI=1S/C8H15BNO2/c1-8(2,3)7(12)4-5-10-9-6-11/h6,10H,4-5H2,1-3H3. The number of carbonyl (C=O) groups excluding carboxylic acids is 2. The van der Waals surface area contributed by atoms with Crippen LogP contribution in [0.5, 0.6) is 0 Å². The van der Waals surface area contributed by atoms with Crippen molar-refractivity contribution < 1.29 is 9.59 Å². The zero-order valence-corrected chi connectivity index (χ0v) is 7.89. The van der Waals surface area contributed by atoms with E-state index in [-0.39, 0.29) is 11.2 Å². The van der Waals surface area contributed by atoms with Gasteiger partial charge in [-0.1, -0.05) is 20.8 Å². The molecule has 4 heteroatoms. The topological polar surface area (TPSA) is 46.2 Å². The van der Waals surface area contributed by atoms with Crippen LogP contribution in [0.25, 0.3) is 0 Å². The highest BCUT2D eigenvalue weighted by Crippen LogP contribution is 2.15. The molecule has 12 heavy (non-hydrogen) atoms. The van der Waals surface area contributed by atoms with Gasteiger partial charge in [0.05, 0.1) is 6.19 Å². The molecule has 0 atom stereocenters. The molecule has 67 valence electrons. The Morgan fingerprint density at radius 3 is 2.50 bits per heavy atom. The number of hydrogen-bond acceptors (Lipinski definition) is 3. The van der Waals surface area contributed by atoms with Crippen LogP contribution >= 0.6 is 0 Å². The van der Waals surface area contributed by atoms with Crippen LogP contribution in [0.1, 0.15) is 27.2 Å². The van der Waals surface area contributed by atoms with Crippen LogP contribution in [0.2, 0.25) is 0 Å². The zero-order valence-electron chi connectivity index (χ0n) is 7.89. The van der Waals surface area contributed by atoms with Crippen molar-refractivity contribution in [2.45, 2.75) is 27.2 Å². The quantitative estimate of drug-likeness (QED) is 0.367. The van der Waals surface area contributed by atoms with E-state index >= 15 is 0 Å². The van der Waals surface area contributed by atoms with E-state index in [1.807, 2.05) is 20.8 Å². The van der Waals surface area contributed by atoms with Gasteiger partial charge in [0, 0.05) is 11.8 Å². The monoisotopic (exact) mass is 168 g/mol. The molecule has 0 aliphatic carbocycles. The molecule has 0 saturated carbocycles. The Morgan fingerprint density at radius 2 is 2.08 bits per heavy atom. The lowest BCUT2D eigenvalue weighted by atomic mass is 9.88. The van der Waals surface area contributed by atoms with Gasteiger partial charge in [-0.3, -0.25) is 4.79 Å². The molecular weight excluding hydrogens is 153 g/mol. The maximum Gasteiger partial charge on any atom is 0.290 e. The minimum atomic E-state index is -0.275. The molecule has 1 radical (unpaired) electrons. The second-order valence-electron chi connectivity index (χ2n) is 3.68. The highest BCUT2D eigenvalue weighted by atomic mass is 16.1. The molecule has 0 unspecified atom stereocenters. The van der Waals surface area contributed by atoms with Gasteiger partial charge in [0.2, 0.25) is 0 Å². The van der Waals surface area contributed by atoms with Crippen LogP contribution < -0.4 is 5.23 Å². The summed E-state index contributed by atoms with van der Waals surface area (Å²) in [7, 11) is 1.30. The predicted octanol–water partition coefficient (Wildman–Crippen LogP) is 0.391. The van der Waals surface area contributed by atoms with Gasteiger partial charge in [-0.2, -0.15) is 0 Å². The normalized spacial score (nSPS) is 10.9. The molecule has 0 spiro atoms. The zero-order chi connectivity index (χ0) is 9.61. The summed E-state index contributed by atoms with van der Waals surface area (Å²) in [6.45, 7) is 6.20. The second-order valence-corrected chi connectivity index (χ2v) is 3.68. The summed E-state index contributed by atoms with van der Waals surface area (Å²) in [6.07, 6.45) is 1.13. The van der Waals surface area contributed by atoms with E-state index in [0.29, 0.717) is 19.2 Å². The summed E-state index contributed by atoms with van der Waals surface area (Å²) in [4.78, 5) is 21.1. The molecule has 1 N–H and O–H groups in total. The molecule has 0 saturated heterocycles. The van der Waals surface area contributed by atoms with Crippen LogP contribution in [0.4, 0.5) is 0 Å². The Morgan fingerprint density at radius 1 is 1.50 bits per heavy atom. The molecule has 0 fully saturated rings. The SMILES string of the molecule is CC(C)(C)C(=O)CCN[B]C=O. The number of ketones is 1. The van der Waals surface area contributed by atoms with Crippen molar-refractivity contribution in [2.24, 2.45) is 5.41 Å². The van der Waals surface area contributed by atoms with E-state index in [1.54, 1.807) is 0 Å². The Hall–Kier alpha value is -0.635. The summed E-state index contributed by atoms with van der Waals surface area (Å²) in [5.41, 5.74) is -0.275. The molecule has 3 nitrogen and oxygen atoms in total. The fraction of sp³-hybridized carbons (Fsp3) is 0.750. The lowest BCUT2D eigenvalue weighted by Crippen LogP contribution is -2.28. The second kappa shape index (κ2) is 5.09. The molecule has 0 bridgehead atoms. The summed E-state index contributed by atoms with van der Waals surface area (Å²) < 4.78 is 0. The highest BCUT2D eigenvalue weighted by molar-refractivity contribution is 6.64. The molecule has 0 aromatic rings. The first-order valence-electron chi connectivity index (χ1n) is 4.02. The number of nitrogens with one attached hydrogen (secondary N) is 1. The molecule has 0 heterocycles.